The molecule has 0 unspecified atom stereocenters. The number of ether oxygens (including phenoxy) is 1. The van der Waals surface area contributed by atoms with E-state index in [-0.39, 0.29) is 45.7 Å². The van der Waals surface area contributed by atoms with Crippen molar-refractivity contribution >= 4 is 24.8 Å². The van der Waals surface area contributed by atoms with Crippen molar-refractivity contribution in [3.63, 3.8) is 0 Å². The molecule has 1 aromatic rings. The Morgan fingerprint density at radius 2 is 1.62 bits per heavy atom. The van der Waals surface area contributed by atoms with Gasteiger partial charge in [-0.15, -0.1) is 24.8 Å². The first kappa shape index (κ1) is 25.6. The molecule has 2 atom stereocenters. The molecule has 0 amide bonds. The number of rotatable bonds is 4. The minimum absolute atomic E-state index is 0. The molecular formula is C15H30Cl2N2O2. The first-order valence-electron chi connectivity index (χ1n) is 6.06. The van der Waals surface area contributed by atoms with Crippen molar-refractivity contribution in [3.05, 3.63) is 35.9 Å². The highest BCUT2D eigenvalue weighted by molar-refractivity contribution is 5.85. The Balaban J connectivity index is -0.000000810. The molecule has 0 radical (unpaired) electrons. The van der Waals surface area contributed by atoms with Crippen LogP contribution in [0.25, 0.3) is 0 Å². The fraction of sp³-hybridized carbons (Fsp3) is 0.600. The second-order valence-corrected chi connectivity index (χ2v) is 4.43. The molecule has 2 rings (SSSR count). The molecule has 1 aliphatic heterocycles. The lowest BCUT2D eigenvalue weighted by Crippen LogP contribution is -2.45. The van der Waals surface area contributed by atoms with E-state index in [0.717, 1.165) is 31.9 Å². The third-order valence-electron chi connectivity index (χ3n) is 3.12. The average molecular weight is 341 g/mol. The van der Waals surface area contributed by atoms with E-state index in [1.165, 1.54) is 0 Å². The molecule has 1 fully saturated rings. The molecule has 1 aliphatic rings. The molecule has 6 heteroatoms. The first-order chi connectivity index (χ1) is 8.27. The monoisotopic (exact) mass is 340 g/mol. The van der Waals surface area contributed by atoms with Crippen molar-refractivity contribution in [1.29, 1.82) is 0 Å². The highest BCUT2D eigenvalue weighted by Crippen LogP contribution is 2.16. The zero-order chi connectivity index (χ0) is 12.1. The Kier molecular flexibility index (Phi) is 16.2. The number of nitrogens with two attached hydrogens (primary N) is 1. The molecule has 1 heterocycles. The normalized spacial score (nSPS) is 17.0. The van der Waals surface area contributed by atoms with E-state index in [1.807, 2.05) is 30.3 Å². The maximum Gasteiger partial charge on any atom is 0.0953 e. The van der Waals surface area contributed by atoms with E-state index in [2.05, 4.69) is 4.90 Å². The summed E-state index contributed by atoms with van der Waals surface area (Å²) in [5.74, 6) is 0. The van der Waals surface area contributed by atoms with Crippen molar-refractivity contribution in [2.24, 2.45) is 5.73 Å². The van der Waals surface area contributed by atoms with Gasteiger partial charge in [-0.1, -0.05) is 45.2 Å². The van der Waals surface area contributed by atoms with Crippen molar-refractivity contribution in [2.45, 2.75) is 27.0 Å². The minimum Gasteiger partial charge on any atom is -0.387 e. The summed E-state index contributed by atoms with van der Waals surface area (Å²) < 4.78 is 5.28. The Labute approximate surface area is 141 Å². The SMILES string of the molecule is C.C.Cl.Cl.N[C@H](CN1CCOCC1)[C@H](O)c1ccccc1. The van der Waals surface area contributed by atoms with Crippen LogP contribution in [0.4, 0.5) is 0 Å². The predicted molar refractivity (Wildman–Crippen MR) is 94.6 cm³/mol. The van der Waals surface area contributed by atoms with Crippen molar-refractivity contribution in [3.8, 4) is 0 Å². The highest BCUT2D eigenvalue weighted by atomic mass is 35.5. The number of aliphatic hydroxyl groups is 1. The smallest absolute Gasteiger partial charge is 0.0953 e. The molecule has 0 spiro atoms. The van der Waals surface area contributed by atoms with Crippen LogP contribution in [0.2, 0.25) is 0 Å². The first-order valence-corrected chi connectivity index (χ1v) is 6.06. The Morgan fingerprint density at radius 3 is 2.14 bits per heavy atom. The van der Waals surface area contributed by atoms with Gasteiger partial charge in [-0.2, -0.15) is 0 Å². The van der Waals surface area contributed by atoms with E-state index >= 15 is 0 Å². The minimum atomic E-state index is -0.598. The van der Waals surface area contributed by atoms with Gasteiger partial charge in [0.05, 0.1) is 19.3 Å². The average Bonchev–Trinajstić information content (AvgIpc) is 2.40. The second-order valence-electron chi connectivity index (χ2n) is 4.43. The second kappa shape index (κ2) is 13.3. The fourth-order valence-corrected chi connectivity index (χ4v) is 2.08. The van der Waals surface area contributed by atoms with E-state index in [0.29, 0.717) is 6.54 Å². The zero-order valence-corrected chi connectivity index (χ0v) is 12.4. The predicted octanol–water partition coefficient (Wildman–Crippen LogP) is 2.50. The van der Waals surface area contributed by atoms with Crippen LogP contribution in [0.1, 0.15) is 26.5 Å². The molecule has 1 aromatic carbocycles. The zero-order valence-electron chi connectivity index (χ0n) is 10.8. The van der Waals surface area contributed by atoms with Crippen molar-refractivity contribution in [1.82, 2.24) is 4.90 Å². The van der Waals surface area contributed by atoms with E-state index in [4.69, 9.17) is 10.5 Å². The van der Waals surface area contributed by atoms with Crippen LogP contribution < -0.4 is 5.73 Å². The van der Waals surface area contributed by atoms with Crippen molar-refractivity contribution < 1.29 is 9.84 Å². The summed E-state index contributed by atoms with van der Waals surface area (Å²) in [5.41, 5.74) is 6.93. The third kappa shape index (κ3) is 8.00. The van der Waals surface area contributed by atoms with E-state index in [1.54, 1.807) is 0 Å². The van der Waals surface area contributed by atoms with Gasteiger partial charge in [-0.25, -0.2) is 0 Å². The molecular weight excluding hydrogens is 311 g/mol. The summed E-state index contributed by atoms with van der Waals surface area (Å²) in [6, 6.07) is 9.33. The van der Waals surface area contributed by atoms with Gasteiger partial charge >= 0.3 is 0 Å². The Morgan fingerprint density at radius 1 is 1.10 bits per heavy atom. The maximum atomic E-state index is 10.1. The van der Waals surface area contributed by atoms with Gasteiger partial charge in [0.2, 0.25) is 0 Å². The highest BCUT2D eigenvalue weighted by Gasteiger charge is 2.20. The number of benzene rings is 1. The largest absolute Gasteiger partial charge is 0.387 e. The van der Waals surface area contributed by atoms with Gasteiger partial charge in [0.1, 0.15) is 0 Å². The van der Waals surface area contributed by atoms with Gasteiger partial charge in [0.15, 0.2) is 0 Å². The number of hydrogen-bond donors (Lipinski definition) is 2. The van der Waals surface area contributed by atoms with E-state index < -0.39 is 6.10 Å². The summed E-state index contributed by atoms with van der Waals surface area (Å²) >= 11 is 0. The molecule has 1 saturated heterocycles. The Bertz CT molecular complexity index is 336. The summed E-state index contributed by atoms with van der Waals surface area (Å²) in [4.78, 5) is 2.24. The standard InChI is InChI=1S/C13H20N2O2.2CH4.2ClH/c14-12(10-15-6-8-17-9-7-15)13(16)11-4-2-1-3-5-11;;;;/h1-5,12-13,16H,6-10,14H2;2*1H4;2*1H/t12-,13-;;;;/m1..../s1. The lowest BCUT2D eigenvalue weighted by Gasteiger charge is -2.30. The molecule has 0 bridgehead atoms. The Hall–Kier alpha value is -0.360. The molecule has 3 N–H and O–H groups in total. The van der Waals surface area contributed by atoms with E-state index in [9.17, 15) is 5.11 Å². The number of nitrogens with zero attached hydrogens (tertiary/aromatic N) is 1. The quantitative estimate of drug-likeness (QED) is 0.883. The number of morpholine rings is 1. The molecule has 0 aliphatic carbocycles. The number of aliphatic hydroxyl groups excluding tert-OH is 1. The summed E-state index contributed by atoms with van der Waals surface area (Å²) in [7, 11) is 0. The van der Waals surface area contributed by atoms with Gasteiger partial charge in [0, 0.05) is 25.7 Å². The third-order valence-corrected chi connectivity index (χ3v) is 3.12. The van der Waals surface area contributed by atoms with Gasteiger partial charge in [-0.3, -0.25) is 4.90 Å². The summed E-state index contributed by atoms with van der Waals surface area (Å²) in [6.07, 6.45) is -0.598. The lowest BCUT2D eigenvalue weighted by molar-refractivity contribution is 0.0249. The van der Waals surface area contributed by atoms with Crippen LogP contribution in [0.5, 0.6) is 0 Å². The van der Waals surface area contributed by atoms with Gasteiger partial charge in [0.25, 0.3) is 0 Å². The summed E-state index contributed by atoms with van der Waals surface area (Å²) in [5, 5.41) is 10.1. The van der Waals surface area contributed by atoms with Crippen LogP contribution in [-0.4, -0.2) is 48.9 Å². The van der Waals surface area contributed by atoms with Gasteiger partial charge in [-0.05, 0) is 5.56 Å². The van der Waals surface area contributed by atoms with Crippen LogP contribution in [-0.2, 0) is 4.74 Å². The van der Waals surface area contributed by atoms with Crippen LogP contribution in [0, 0.1) is 0 Å². The molecule has 126 valence electrons. The van der Waals surface area contributed by atoms with Crippen molar-refractivity contribution in [2.75, 3.05) is 32.8 Å². The van der Waals surface area contributed by atoms with Crippen LogP contribution in [0.15, 0.2) is 30.3 Å². The fourth-order valence-electron chi connectivity index (χ4n) is 2.08. The summed E-state index contributed by atoms with van der Waals surface area (Å²) in [6.45, 7) is 4.02. The number of hydrogen-bond acceptors (Lipinski definition) is 4. The lowest BCUT2D eigenvalue weighted by atomic mass is 10.0. The molecule has 21 heavy (non-hydrogen) atoms. The van der Waals surface area contributed by atoms with Crippen LogP contribution >= 0.6 is 24.8 Å². The molecule has 4 nitrogen and oxygen atoms in total. The van der Waals surface area contributed by atoms with Crippen LogP contribution in [0.3, 0.4) is 0 Å². The molecule has 0 aromatic heterocycles. The topological polar surface area (TPSA) is 58.7 Å². The molecule has 0 saturated carbocycles. The van der Waals surface area contributed by atoms with Gasteiger partial charge < -0.3 is 15.6 Å². The number of halogens is 2. The maximum absolute atomic E-state index is 10.1.